The van der Waals surface area contributed by atoms with Crippen LogP contribution in [0.25, 0.3) is 0 Å². The van der Waals surface area contributed by atoms with Crippen LogP contribution in [-0.2, 0) is 26.8 Å². The lowest BCUT2D eigenvalue weighted by Crippen LogP contribution is -2.58. The molecular formula is C16H27N5O4S. The maximum Gasteiger partial charge on any atom is 0.280 e. The summed E-state index contributed by atoms with van der Waals surface area (Å²) in [7, 11) is -1.98. The van der Waals surface area contributed by atoms with Crippen LogP contribution in [0.15, 0.2) is 6.07 Å². The number of ether oxygens (including phenoxy) is 1. The predicted octanol–water partition coefficient (Wildman–Crippen LogP) is 0.168. The number of piperidine rings is 1. The number of anilines is 1. The Balaban J connectivity index is 1.74. The minimum Gasteiger partial charge on any atom is -0.373 e. The van der Waals surface area contributed by atoms with Gasteiger partial charge in [0.05, 0.1) is 17.9 Å². The molecule has 2 fully saturated rings. The van der Waals surface area contributed by atoms with Crippen molar-refractivity contribution in [2.24, 2.45) is 7.05 Å². The Labute approximate surface area is 154 Å². The van der Waals surface area contributed by atoms with E-state index >= 15 is 0 Å². The first-order chi connectivity index (χ1) is 12.2. The van der Waals surface area contributed by atoms with E-state index in [1.54, 1.807) is 16.6 Å². The number of amides is 1. The normalized spacial score (nSPS) is 28.5. The number of nitrogens with one attached hydrogen (secondary N) is 1. The Morgan fingerprint density at radius 2 is 1.92 bits per heavy atom. The second kappa shape index (κ2) is 7.26. The molecule has 1 aromatic heterocycles. The average molecular weight is 385 g/mol. The molecule has 3 heterocycles. The van der Waals surface area contributed by atoms with E-state index in [0.717, 1.165) is 12.1 Å². The van der Waals surface area contributed by atoms with E-state index < -0.39 is 16.3 Å². The Morgan fingerprint density at radius 1 is 1.27 bits per heavy atom. The third-order valence-electron chi connectivity index (χ3n) is 4.71. The molecule has 0 spiro atoms. The van der Waals surface area contributed by atoms with Gasteiger partial charge in [-0.3, -0.25) is 14.4 Å². The first-order valence-corrected chi connectivity index (χ1v) is 10.4. The average Bonchev–Trinajstić information content (AvgIpc) is 2.87. The van der Waals surface area contributed by atoms with Gasteiger partial charge in [-0.25, -0.2) is 0 Å². The Morgan fingerprint density at radius 3 is 2.50 bits per heavy atom. The molecule has 0 saturated carbocycles. The summed E-state index contributed by atoms with van der Waals surface area (Å²) < 4.78 is 36.8. The van der Waals surface area contributed by atoms with E-state index in [1.807, 2.05) is 26.8 Å². The van der Waals surface area contributed by atoms with Crippen LogP contribution in [0.1, 0.15) is 32.4 Å². The zero-order chi connectivity index (χ0) is 19.1. The van der Waals surface area contributed by atoms with Gasteiger partial charge in [-0.05, 0) is 33.6 Å². The summed E-state index contributed by atoms with van der Waals surface area (Å²) in [6.07, 6.45) is 0.859. The fourth-order valence-corrected chi connectivity index (χ4v) is 5.18. The minimum absolute atomic E-state index is 0.175. The summed E-state index contributed by atoms with van der Waals surface area (Å²) in [6, 6.07) is 1.07. The van der Waals surface area contributed by atoms with Crippen molar-refractivity contribution >= 4 is 21.9 Å². The minimum atomic E-state index is -3.76. The zero-order valence-corrected chi connectivity index (χ0v) is 16.5. The van der Waals surface area contributed by atoms with Crippen LogP contribution in [0.4, 0.5) is 5.82 Å². The van der Waals surface area contributed by atoms with Crippen molar-refractivity contribution < 1.29 is 17.9 Å². The molecule has 9 nitrogen and oxygen atoms in total. The molecule has 10 heteroatoms. The standard InChI is InChI=1S/C16H27N5O4S/c1-11-8-15(19(4)17-11)21-7-5-6-14(16(21)22)18-26(23,24)20-9-12(2)25-13(3)10-20/h8,12-14,18H,5-7,9-10H2,1-4H3/t12-,13+,14-/m1/s1. The molecule has 0 aliphatic carbocycles. The lowest BCUT2D eigenvalue weighted by molar-refractivity contribution is -0.121. The van der Waals surface area contributed by atoms with Gasteiger partial charge in [-0.15, -0.1) is 0 Å². The highest BCUT2D eigenvalue weighted by Crippen LogP contribution is 2.23. The molecule has 0 unspecified atom stereocenters. The van der Waals surface area contributed by atoms with Crippen molar-refractivity contribution in [3.63, 3.8) is 0 Å². The molecule has 1 aromatic rings. The van der Waals surface area contributed by atoms with Gasteiger partial charge < -0.3 is 4.74 Å². The topological polar surface area (TPSA) is 96.8 Å². The molecule has 0 radical (unpaired) electrons. The molecule has 1 amide bonds. The van der Waals surface area contributed by atoms with Crippen molar-refractivity contribution in [2.45, 2.75) is 51.9 Å². The number of hydrogen-bond donors (Lipinski definition) is 1. The smallest absolute Gasteiger partial charge is 0.280 e. The molecule has 0 bridgehead atoms. The van der Waals surface area contributed by atoms with Gasteiger partial charge in [-0.2, -0.15) is 22.5 Å². The van der Waals surface area contributed by atoms with Crippen LogP contribution >= 0.6 is 0 Å². The predicted molar refractivity (Wildman–Crippen MR) is 97.0 cm³/mol. The fraction of sp³-hybridized carbons (Fsp3) is 0.750. The zero-order valence-electron chi connectivity index (χ0n) is 15.7. The van der Waals surface area contributed by atoms with Crippen LogP contribution in [0, 0.1) is 6.92 Å². The molecule has 3 rings (SSSR count). The molecule has 2 saturated heterocycles. The van der Waals surface area contributed by atoms with Crippen LogP contribution in [0.3, 0.4) is 0 Å². The summed E-state index contributed by atoms with van der Waals surface area (Å²) in [4.78, 5) is 14.5. The Hall–Kier alpha value is -1.49. The highest BCUT2D eigenvalue weighted by atomic mass is 32.2. The van der Waals surface area contributed by atoms with E-state index in [9.17, 15) is 13.2 Å². The molecule has 0 aromatic carbocycles. The first-order valence-electron chi connectivity index (χ1n) is 8.92. The highest BCUT2D eigenvalue weighted by molar-refractivity contribution is 7.87. The SMILES string of the molecule is Cc1cc(N2CCC[C@@H](NS(=O)(=O)N3C[C@@H](C)O[C@@H](C)C3)C2=O)n(C)n1. The molecule has 1 N–H and O–H groups in total. The van der Waals surface area contributed by atoms with Gasteiger partial charge in [0, 0.05) is 32.7 Å². The maximum atomic E-state index is 12.9. The number of carbonyl (C=O) groups is 1. The van der Waals surface area contributed by atoms with Gasteiger partial charge in [0.1, 0.15) is 11.9 Å². The van der Waals surface area contributed by atoms with Crippen LogP contribution in [-0.4, -0.2) is 66.3 Å². The summed E-state index contributed by atoms with van der Waals surface area (Å²) in [5.74, 6) is 0.446. The quantitative estimate of drug-likeness (QED) is 0.797. The third kappa shape index (κ3) is 3.93. The second-order valence-corrected chi connectivity index (χ2v) is 8.85. The summed E-state index contributed by atoms with van der Waals surface area (Å²) in [5.41, 5.74) is 0.814. The summed E-state index contributed by atoms with van der Waals surface area (Å²) >= 11 is 0. The maximum absolute atomic E-state index is 12.9. The third-order valence-corrected chi connectivity index (χ3v) is 6.27. The van der Waals surface area contributed by atoms with Gasteiger partial charge in [0.2, 0.25) is 5.91 Å². The molecule has 2 aliphatic heterocycles. The number of aromatic nitrogens is 2. The van der Waals surface area contributed by atoms with Gasteiger partial charge >= 0.3 is 0 Å². The second-order valence-electron chi connectivity index (χ2n) is 7.15. The Bertz CT molecular complexity index is 768. The van der Waals surface area contributed by atoms with Crippen molar-refractivity contribution in [1.29, 1.82) is 0 Å². The monoisotopic (exact) mass is 385 g/mol. The number of aryl methyl sites for hydroxylation is 2. The number of carbonyl (C=O) groups excluding carboxylic acids is 1. The van der Waals surface area contributed by atoms with Crippen molar-refractivity contribution in [3.05, 3.63) is 11.8 Å². The van der Waals surface area contributed by atoms with Crippen molar-refractivity contribution in [2.75, 3.05) is 24.5 Å². The fourth-order valence-electron chi connectivity index (χ4n) is 3.64. The highest BCUT2D eigenvalue weighted by Gasteiger charge is 2.37. The van der Waals surface area contributed by atoms with Crippen molar-refractivity contribution in [1.82, 2.24) is 18.8 Å². The lowest BCUT2D eigenvalue weighted by Gasteiger charge is -2.37. The first kappa shape index (κ1) is 19.3. The summed E-state index contributed by atoms with van der Waals surface area (Å²) in [5, 5.41) is 4.27. The number of hydrogen-bond acceptors (Lipinski definition) is 5. The summed E-state index contributed by atoms with van der Waals surface area (Å²) in [6.45, 7) is 6.67. The van der Waals surface area contributed by atoms with Gasteiger partial charge in [0.25, 0.3) is 10.2 Å². The Kier molecular flexibility index (Phi) is 5.38. The molecule has 3 atom stereocenters. The van der Waals surface area contributed by atoms with E-state index in [4.69, 9.17) is 4.74 Å². The molecule has 26 heavy (non-hydrogen) atoms. The van der Waals surface area contributed by atoms with E-state index in [-0.39, 0.29) is 31.2 Å². The van der Waals surface area contributed by atoms with Gasteiger partial charge in [0.15, 0.2) is 0 Å². The van der Waals surface area contributed by atoms with Crippen molar-refractivity contribution in [3.8, 4) is 0 Å². The molecule has 146 valence electrons. The van der Waals surface area contributed by atoms with Gasteiger partial charge in [-0.1, -0.05) is 0 Å². The number of morpholine rings is 1. The molecular weight excluding hydrogens is 358 g/mol. The van der Waals surface area contributed by atoms with E-state index in [0.29, 0.717) is 18.8 Å². The largest absolute Gasteiger partial charge is 0.373 e. The lowest BCUT2D eigenvalue weighted by atomic mass is 10.1. The molecule has 2 aliphatic rings. The van der Waals surface area contributed by atoms with Crippen LogP contribution < -0.4 is 9.62 Å². The number of nitrogens with zero attached hydrogens (tertiary/aromatic N) is 4. The van der Waals surface area contributed by atoms with Crippen LogP contribution in [0.2, 0.25) is 0 Å². The van der Waals surface area contributed by atoms with Crippen LogP contribution in [0.5, 0.6) is 0 Å². The number of rotatable bonds is 4. The van der Waals surface area contributed by atoms with E-state index in [2.05, 4.69) is 9.82 Å². The van der Waals surface area contributed by atoms with E-state index in [1.165, 1.54) is 4.31 Å².